The van der Waals surface area contributed by atoms with Gasteiger partial charge in [-0.3, -0.25) is 4.79 Å². The molecule has 0 aliphatic heterocycles. The van der Waals surface area contributed by atoms with Crippen LogP contribution in [0.5, 0.6) is 0 Å². The molecule has 3 aromatic rings. The van der Waals surface area contributed by atoms with E-state index in [4.69, 9.17) is 11.6 Å². The van der Waals surface area contributed by atoms with Crippen molar-refractivity contribution in [1.82, 2.24) is 14.8 Å². The van der Waals surface area contributed by atoms with E-state index in [1.165, 1.54) is 10.7 Å². The molecule has 0 aliphatic rings. The predicted molar refractivity (Wildman–Crippen MR) is 79.1 cm³/mol. The van der Waals surface area contributed by atoms with Crippen molar-refractivity contribution >= 4 is 22.5 Å². The van der Waals surface area contributed by atoms with Crippen LogP contribution in [0.25, 0.3) is 10.9 Å². The Kier molecular flexibility index (Phi) is 3.24. The number of fused-ring (bicyclic) bond motifs is 1. The first-order valence-electron chi connectivity index (χ1n) is 6.22. The second-order valence-corrected chi connectivity index (χ2v) is 4.96. The van der Waals surface area contributed by atoms with E-state index in [-0.39, 0.29) is 5.56 Å². The third-order valence-corrected chi connectivity index (χ3v) is 3.40. The van der Waals surface area contributed by atoms with Gasteiger partial charge in [0.1, 0.15) is 5.15 Å². The van der Waals surface area contributed by atoms with Crippen LogP contribution in [0.4, 0.5) is 0 Å². The zero-order valence-electron chi connectivity index (χ0n) is 10.9. The molecule has 0 fully saturated rings. The highest BCUT2D eigenvalue weighted by atomic mass is 35.5. The third kappa shape index (κ3) is 2.42. The van der Waals surface area contributed by atoms with Crippen molar-refractivity contribution in [1.29, 1.82) is 0 Å². The highest BCUT2D eigenvalue weighted by Crippen LogP contribution is 2.20. The lowest BCUT2D eigenvalue weighted by Crippen LogP contribution is -2.23. The molecule has 0 N–H and O–H groups in total. The fourth-order valence-corrected chi connectivity index (χ4v) is 2.28. The average molecular weight is 286 g/mol. The third-order valence-electron chi connectivity index (χ3n) is 3.07. The molecule has 0 aliphatic carbocycles. The number of benzene rings is 1. The van der Waals surface area contributed by atoms with Crippen LogP contribution in [0.2, 0.25) is 5.15 Å². The summed E-state index contributed by atoms with van der Waals surface area (Å²) in [4.78, 5) is 16.1. The molecule has 0 atom stereocenters. The molecular weight excluding hydrogens is 274 g/mol. The number of pyridine rings is 1. The van der Waals surface area contributed by atoms with Crippen molar-refractivity contribution in [3.05, 3.63) is 69.2 Å². The van der Waals surface area contributed by atoms with Crippen molar-refractivity contribution in [3.8, 4) is 0 Å². The average Bonchev–Trinajstić information content (AvgIpc) is 2.43. The molecule has 5 heteroatoms. The Morgan fingerprint density at radius 2 is 2.00 bits per heavy atom. The van der Waals surface area contributed by atoms with Crippen LogP contribution in [-0.4, -0.2) is 14.8 Å². The molecule has 0 amide bonds. The maximum Gasteiger partial charge on any atom is 0.267 e. The molecule has 0 saturated heterocycles. The first-order chi connectivity index (χ1) is 9.63. The molecule has 0 radical (unpaired) electrons. The molecule has 3 rings (SSSR count). The minimum absolute atomic E-state index is 0.153. The van der Waals surface area contributed by atoms with Gasteiger partial charge in [0.25, 0.3) is 5.56 Å². The van der Waals surface area contributed by atoms with Crippen molar-refractivity contribution < 1.29 is 0 Å². The van der Waals surface area contributed by atoms with Crippen LogP contribution >= 0.6 is 11.6 Å². The number of aryl methyl sites for hydroxylation is 1. The van der Waals surface area contributed by atoms with Crippen molar-refractivity contribution in [2.75, 3.05) is 0 Å². The van der Waals surface area contributed by atoms with E-state index < -0.39 is 0 Å². The van der Waals surface area contributed by atoms with Crippen LogP contribution < -0.4 is 5.56 Å². The molecule has 0 spiro atoms. The number of rotatable bonds is 2. The Morgan fingerprint density at radius 3 is 2.85 bits per heavy atom. The van der Waals surface area contributed by atoms with Gasteiger partial charge in [0, 0.05) is 17.0 Å². The van der Waals surface area contributed by atoms with E-state index in [1.54, 1.807) is 6.07 Å². The van der Waals surface area contributed by atoms with Gasteiger partial charge in [-0.05, 0) is 25.1 Å². The van der Waals surface area contributed by atoms with Gasteiger partial charge < -0.3 is 0 Å². The van der Waals surface area contributed by atoms with Gasteiger partial charge in [0.2, 0.25) is 0 Å². The Balaban J connectivity index is 2.08. The largest absolute Gasteiger partial charge is 0.268 e. The molecule has 2 heterocycles. The van der Waals surface area contributed by atoms with Crippen LogP contribution in [0.15, 0.2) is 47.3 Å². The van der Waals surface area contributed by atoms with Gasteiger partial charge in [0.05, 0.1) is 17.8 Å². The number of halogens is 1. The summed E-state index contributed by atoms with van der Waals surface area (Å²) in [5.41, 5.74) is 2.26. The lowest BCUT2D eigenvalue weighted by Gasteiger charge is -2.08. The fourth-order valence-electron chi connectivity index (χ4n) is 2.07. The highest BCUT2D eigenvalue weighted by Gasteiger charge is 2.07. The van der Waals surface area contributed by atoms with Gasteiger partial charge in [-0.2, -0.15) is 5.10 Å². The molecule has 0 saturated carbocycles. The summed E-state index contributed by atoms with van der Waals surface area (Å²) < 4.78 is 1.40. The summed E-state index contributed by atoms with van der Waals surface area (Å²) >= 11 is 6.19. The summed E-state index contributed by atoms with van der Waals surface area (Å²) in [5.74, 6) is 0. The van der Waals surface area contributed by atoms with Crippen LogP contribution in [0.1, 0.15) is 11.3 Å². The number of aromatic nitrogens is 3. The second kappa shape index (κ2) is 5.06. The second-order valence-electron chi connectivity index (χ2n) is 4.60. The van der Waals surface area contributed by atoms with Crippen molar-refractivity contribution in [2.45, 2.75) is 13.5 Å². The quantitative estimate of drug-likeness (QED) is 0.680. The summed E-state index contributed by atoms with van der Waals surface area (Å²) in [6.45, 7) is 2.16. The predicted octanol–water partition coefficient (Wildman–Crippen LogP) is 2.80. The van der Waals surface area contributed by atoms with Gasteiger partial charge in [-0.1, -0.05) is 29.8 Å². The molecule has 2 aromatic heterocycles. The first-order valence-corrected chi connectivity index (χ1v) is 6.60. The van der Waals surface area contributed by atoms with Gasteiger partial charge in [-0.25, -0.2) is 9.67 Å². The minimum atomic E-state index is -0.153. The monoisotopic (exact) mass is 285 g/mol. The van der Waals surface area contributed by atoms with Crippen LogP contribution in [0.3, 0.4) is 0 Å². The van der Waals surface area contributed by atoms with E-state index in [0.29, 0.717) is 11.7 Å². The van der Waals surface area contributed by atoms with Crippen molar-refractivity contribution in [3.63, 3.8) is 0 Å². The highest BCUT2D eigenvalue weighted by molar-refractivity contribution is 6.30. The van der Waals surface area contributed by atoms with E-state index in [1.807, 2.05) is 37.3 Å². The van der Waals surface area contributed by atoms with E-state index in [9.17, 15) is 4.79 Å². The zero-order valence-corrected chi connectivity index (χ0v) is 11.6. The topological polar surface area (TPSA) is 47.8 Å². The minimum Gasteiger partial charge on any atom is -0.268 e. The van der Waals surface area contributed by atoms with Crippen LogP contribution in [-0.2, 0) is 6.54 Å². The maximum absolute atomic E-state index is 11.8. The number of hydrogen-bond donors (Lipinski definition) is 0. The molecule has 1 aromatic carbocycles. The lowest BCUT2D eigenvalue weighted by atomic mass is 10.1. The summed E-state index contributed by atoms with van der Waals surface area (Å²) in [6.07, 6.45) is 0. The van der Waals surface area contributed by atoms with E-state index in [0.717, 1.165) is 22.2 Å². The van der Waals surface area contributed by atoms with Crippen LogP contribution in [0, 0.1) is 6.92 Å². The molecule has 20 heavy (non-hydrogen) atoms. The summed E-state index contributed by atoms with van der Waals surface area (Å²) in [5, 5.41) is 5.60. The molecule has 100 valence electrons. The number of hydrogen-bond acceptors (Lipinski definition) is 3. The van der Waals surface area contributed by atoms with Crippen molar-refractivity contribution in [2.24, 2.45) is 0 Å². The van der Waals surface area contributed by atoms with E-state index in [2.05, 4.69) is 10.1 Å². The van der Waals surface area contributed by atoms with E-state index >= 15 is 0 Å². The molecule has 4 nitrogen and oxygen atoms in total. The molecule has 0 unspecified atom stereocenters. The van der Waals surface area contributed by atoms with Gasteiger partial charge in [-0.15, -0.1) is 0 Å². The molecule has 0 bridgehead atoms. The maximum atomic E-state index is 11.8. The van der Waals surface area contributed by atoms with Gasteiger partial charge in [0.15, 0.2) is 0 Å². The Labute approximate surface area is 120 Å². The number of para-hydroxylation sites is 1. The Bertz CT molecular complexity index is 842. The first kappa shape index (κ1) is 12.8. The Morgan fingerprint density at radius 1 is 1.20 bits per heavy atom. The number of nitrogens with zero attached hydrogens (tertiary/aromatic N) is 3. The van der Waals surface area contributed by atoms with Gasteiger partial charge >= 0.3 is 0 Å². The lowest BCUT2D eigenvalue weighted by molar-refractivity contribution is 0.628. The fraction of sp³-hybridized carbons (Fsp3) is 0.133. The summed E-state index contributed by atoms with van der Waals surface area (Å²) in [6, 6.07) is 12.9. The summed E-state index contributed by atoms with van der Waals surface area (Å²) in [7, 11) is 0. The normalized spacial score (nSPS) is 10.9. The SMILES string of the molecule is Cc1ccc(=O)n(Cc2cc3ccccc3nc2Cl)n1. The Hall–Kier alpha value is -2.20. The zero-order chi connectivity index (χ0) is 14.1. The standard InChI is InChI=1S/C15H12ClN3O/c1-10-6-7-14(20)19(18-10)9-12-8-11-4-2-3-5-13(11)17-15(12)16/h2-8H,9H2,1H3. The smallest absolute Gasteiger partial charge is 0.267 e. The molecular formula is C15H12ClN3O.